The van der Waals surface area contributed by atoms with Gasteiger partial charge in [0.1, 0.15) is 0 Å². The van der Waals surface area contributed by atoms with E-state index in [1.54, 1.807) is 29.2 Å². The number of aliphatic hydroxyl groups excluding tert-OH is 1. The average molecular weight is 530 g/mol. The third kappa shape index (κ3) is 5.48. The molecule has 1 aliphatic rings. The molecule has 4 aromatic rings. The molecule has 1 unspecified atom stereocenters. The van der Waals surface area contributed by atoms with E-state index < -0.39 is 11.7 Å². The maximum absolute atomic E-state index is 14.0. The van der Waals surface area contributed by atoms with E-state index in [4.69, 9.17) is 0 Å². The van der Waals surface area contributed by atoms with Gasteiger partial charge in [0.2, 0.25) is 0 Å². The van der Waals surface area contributed by atoms with E-state index in [9.17, 15) is 23.1 Å². The lowest BCUT2D eigenvalue weighted by atomic mass is 9.85. The fourth-order valence-corrected chi connectivity index (χ4v) is 5.63. The second-order valence-electron chi connectivity index (χ2n) is 10.1. The molecule has 39 heavy (non-hydrogen) atoms. The van der Waals surface area contributed by atoms with Crippen molar-refractivity contribution in [1.29, 1.82) is 0 Å². The first-order valence-electron chi connectivity index (χ1n) is 13.1. The molecule has 4 aromatic carbocycles. The SMILES string of the molecule is O=C(c1ccccc1-c1ccc(C(F)(F)F)cc1)N(CCCO)CC1CC1(c1ccccc1)c1ccccc1. The van der Waals surface area contributed by atoms with Crippen LogP contribution in [0.2, 0.25) is 0 Å². The monoisotopic (exact) mass is 529 g/mol. The topological polar surface area (TPSA) is 40.5 Å². The van der Waals surface area contributed by atoms with E-state index in [2.05, 4.69) is 24.3 Å². The van der Waals surface area contributed by atoms with Crippen molar-refractivity contribution in [3.8, 4) is 11.1 Å². The number of benzene rings is 4. The predicted octanol–water partition coefficient (Wildman–Crippen LogP) is 7.20. The molecule has 0 aromatic heterocycles. The Labute approximate surface area is 226 Å². The third-order valence-electron chi connectivity index (χ3n) is 7.68. The van der Waals surface area contributed by atoms with Gasteiger partial charge in [-0.1, -0.05) is 91.0 Å². The van der Waals surface area contributed by atoms with Crippen molar-refractivity contribution in [3.05, 3.63) is 131 Å². The van der Waals surface area contributed by atoms with Crippen molar-refractivity contribution in [2.24, 2.45) is 5.92 Å². The standard InChI is InChI=1S/C33H30F3NO2/c34-33(35,36)27-18-16-24(17-19-27)29-14-7-8-15-30(29)31(39)37(20-9-21-38)23-28-22-32(28,25-10-3-1-4-11-25)26-12-5-2-6-13-26/h1-8,10-19,28,38H,9,20-23H2. The van der Waals surface area contributed by atoms with Crippen LogP contribution in [0.15, 0.2) is 109 Å². The predicted molar refractivity (Wildman–Crippen MR) is 146 cm³/mol. The zero-order valence-electron chi connectivity index (χ0n) is 21.4. The van der Waals surface area contributed by atoms with Crippen molar-refractivity contribution in [2.45, 2.75) is 24.4 Å². The van der Waals surface area contributed by atoms with E-state index in [1.165, 1.54) is 23.3 Å². The molecule has 200 valence electrons. The average Bonchev–Trinajstić information content (AvgIpc) is 3.70. The highest BCUT2D eigenvalue weighted by Crippen LogP contribution is 2.59. The van der Waals surface area contributed by atoms with Crippen LogP contribution < -0.4 is 0 Å². The molecule has 3 nitrogen and oxygen atoms in total. The van der Waals surface area contributed by atoms with Gasteiger partial charge in [0.25, 0.3) is 5.91 Å². The molecule has 0 heterocycles. The molecule has 1 saturated carbocycles. The molecule has 1 N–H and O–H groups in total. The number of rotatable bonds is 9. The van der Waals surface area contributed by atoms with Crippen LogP contribution in [0.4, 0.5) is 13.2 Å². The number of aliphatic hydroxyl groups is 1. The number of amides is 1. The Bertz CT molecular complexity index is 1360. The van der Waals surface area contributed by atoms with Gasteiger partial charge >= 0.3 is 6.18 Å². The highest BCUT2D eigenvalue weighted by Gasteiger charge is 2.56. The van der Waals surface area contributed by atoms with E-state index in [1.807, 2.05) is 36.4 Å². The lowest BCUT2D eigenvalue weighted by Crippen LogP contribution is -2.36. The molecule has 0 spiro atoms. The van der Waals surface area contributed by atoms with E-state index in [0.717, 1.165) is 18.6 Å². The second-order valence-corrected chi connectivity index (χ2v) is 10.1. The summed E-state index contributed by atoms with van der Waals surface area (Å²) in [6.45, 7) is 0.842. The van der Waals surface area contributed by atoms with Crippen molar-refractivity contribution in [1.82, 2.24) is 4.90 Å². The van der Waals surface area contributed by atoms with E-state index in [-0.39, 0.29) is 23.8 Å². The van der Waals surface area contributed by atoms with Crippen molar-refractivity contribution >= 4 is 5.91 Å². The van der Waals surface area contributed by atoms with Crippen LogP contribution in [0.5, 0.6) is 0 Å². The summed E-state index contributed by atoms with van der Waals surface area (Å²) in [5.74, 6) is -0.0101. The first-order chi connectivity index (χ1) is 18.8. The lowest BCUT2D eigenvalue weighted by molar-refractivity contribution is -0.137. The number of nitrogens with zero attached hydrogens (tertiary/aromatic N) is 1. The van der Waals surface area contributed by atoms with Gasteiger partial charge in [-0.15, -0.1) is 0 Å². The summed E-state index contributed by atoms with van der Waals surface area (Å²) in [7, 11) is 0. The summed E-state index contributed by atoms with van der Waals surface area (Å²) in [6.07, 6.45) is -3.10. The molecule has 6 heteroatoms. The van der Waals surface area contributed by atoms with Crippen LogP contribution in [0.3, 0.4) is 0 Å². The largest absolute Gasteiger partial charge is 0.416 e. The fourth-order valence-electron chi connectivity index (χ4n) is 5.63. The van der Waals surface area contributed by atoms with Gasteiger partial charge in [-0.3, -0.25) is 4.79 Å². The van der Waals surface area contributed by atoms with Crippen molar-refractivity contribution in [3.63, 3.8) is 0 Å². The molecular formula is C33H30F3NO2. The van der Waals surface area contributed by atoms with Crippen LogP contribution in [0.25, 0.3) is 11.1 Å². The summed E-state index contributed by atoms with van der Waals surface area (Å²) in [5, 5.41) is 9.57. The van der Waals surface area contributed by atoms with Gasteiger partial charge in [-0.25, -0.2) is 0 Å². The zero-order chi connectivity index (χ0) is 27.5. The maximum atomic E-state index is 14.0. The number of alkyl halides is 3. The Hall–Kier alpha value is -3.90. The molecular weight excluding hydrogens is 499 g/mol. The van der Waals surface area contributed by atoms with Crippen LogP contribution >= 0.6 is 0 Å². The van der Waals surface area contributed by atoms with Gasteiger partial charge in [0.05, 0.1) is 5.56 Å². The Balaban J connectivity index is 1.45. The van der Waals surface area contributed by atoms with Crippen LogP contribution in [0.1, 0.15) is 39.9 Å². The summed E-state index contributed by atoms with van der Waals surface area (Å²) >= 11 is 0. The summed E-state index contributed by atoms with van der Waals surface area (Å²) < 4.78 is 39.3. The van der Waals surface area contributed by atoms with Gasteiger partial charge < -0.3 is 10.0 Å². The zero-order valence-corrected chi connectivity index (χ0v) is 21.4. The molecule has 0 aliphatic heterocycles. The Morgan fingerprint density at radius 1 is 0.821 bits per heavy atom. The van der Waals surface area contributed by atoms with Crippen LogP contribution in [0, 0.1) is 5.92 Å². The first-order valence-corrected chi connectivity index (χ1v) is 13.1. The number of halogens is 3. The number of hydrogen-bond donors (Lipinski definition) is 1. The minimum Gasteiger partial charge on any atom is -0.396 e. The van der Waals surface area contributed by atoms with Crippen LogP contribution in [-0.2, 0) is 11.6 Å². The number of hydrogen-bond acceptors (Lipinski definition) is 2. The fraction of sp³-hybridized carbons (Fsp3) is 0.242. The van der Waals surface area contributed by atoms with Gasteiger partial charge in [0.15, 0.2) is 0 Å². The highest BCUT2D eigenvalue weighted by molar-refractivity contribution is 6.01. The number of carbonyl (C=O) groups is 1. The Morgan fingerprint density at radius 2 is 1.38 bits per heavy atom. The Morgan fingerprint density at radius 3 is 1.95 bits per heavy atom. The summed E-state index contributed by atoms with van der Waals surface area (Å²) in [4.78, 5) is 15.8. The third-order valence-corrected chi connectivity index (χ3v) is 7.68. The van der Waals surface area contributed by atoms with Crippen molar-refractivity contribution in [2.75, 3.05) is 19.7 Å². The normalized spacial score (nSPS) is 16.1. The Kier molecular flexibility index (Phi) is 7.58. The summed E-state index contributed by atoms with van der Waals surface area (Å²) in [6, 6.07) is 32.6. The van der Waals surface area contributed by atoms with Gasteiger partial charge in [-0.05, 0) is 59.2 Å². The molecule has 1 fully saturated rings. The minimum atomic E-state index is -4.43. The number of carbonyl (C=O) groups excluding carboxylic acids is 1. The molecule has 0 radical (unpaired) electrons. The molecule has 0 saturated heterocycles. The maximum Gasteiger partial charge on any atom is 0.416 e. The molecule has 1 atom stereocenters. The highest BCUT2D eigenvalue weighted by atomic mass is 19.4. The van der Waals surface area contributed by atoms with E-state index in [0.29, 0.717) is 36.2 Å². The summed E-state index contributed by atoms with van der Waals surface area (Å²) in [5.41, 5.74) is 3.05. The first kappa shape index (κ1) is 26.7. The lowest BCUT2D eigenvalue weighted by Gasteiger charge is -2.26. The smallest absolute Gasteiger partial charge is 0.396 e. The molecule has 5 rings (SSSR count). The second kappa shape index (κ2) is 11.1. The van der Waals surface area contributed by atoms with E-state index >= 15 is 0 Å². The quantitative estimate of drug-likeness (QED) is 0.249. The molecule has 0 bridgehead atoms. The molecule has 1 aliphatic carbocycles. The minimum absolute atomic E-state index is 0.0441. The van der Waals surface area contributed by atoms with Gasteiger partial charge in [-0.2, -0.15) is 13.2 Å². The van der Waals surface area contributed by atoms with Gasteiger partial charge in [0, 0.05) is 30.7 Å². The van der Waals surface area contributed by atoms with Crippen molar-refractivity contribution < 1.29 is 23.1 Å². The molecule has 1 amide bonds. The van der Waals surface area contributed by atoms with Crippen LogP contribution in [-0.4, -0.2) is 35.6 Å².